The van der Waals surface area contributed by atoms with Gasteiger partial charge in [-0.05, 0) is 25.1 Å². The summed E-state index contributed by atoms with van der Waals surface area (Å²) >= 11 is 0. The first kappa shape index (κ1) is 18.6. The number of amides is 1. The zero-order valence-electron chi connectivity index (χ0n) is 16.7. The number of rotatable bonds is 2. The van der Waals surface area contributed by atoms with Crippen LogP contribution in [0.1, 0.15) is 45.7 Å². The zero-order chi connectivity index (χ0) is 20.9. The van der Waals surface area contributed by atoms with E-state index in [9.17, 15) is 14.4 Å². The van der Waals surface area contributed by atoms with Crippen LogP contribution >= 0.6 is 0 Å². The Bertz CT molecular complexity index is 1180. The molecule has 0 bridgehead atoms. The van der Waals surface area contributed by atoms with Gasteiger partial charge in [-0.1, -0.05) is 30.3 Å². The average molecular weight is 402 g/mol. The molecule has 1 spiro atoms. The van der Waals surface area contributed by atoms with Gasteiger partial charge in [0.2, 0.25) is 0 Å². The van der Waals surface area contributed by atoms with Crippen LogP contribution in [0.15, 0.2) is 48.5 Å². The van der Waals surface area contributed by atoms with E-state index >= 15 is 0 Å². The number of aromatic nitrogens is 1. The SMILES string of the molecule is Cc1[nH]c2ccccc2c1C(=O)C(=O)N1CCC2(CC1)CC(=O)c1ccccc1O2. The van der Waals surface area contributed by atoms with Crippen LogP contribution in [0.25, 0.3) is 10.9 Å². The second-order valence-corrected chi connectivity index (χ2v) is 8.17. The molecule has 0 radical (unpaired) electrons. The van der Waals surface area contributed by atoms with Gasteiger partial charge in [0.05, 0.1) is 17.5 Å². The second kappa shape index (κ2) is 6.83. The highest BCUT2D eigenvalue weighted by Crippen LogP contribution is 2.39. The van der Waals surface area contributed by atoms with Crippen molar-refractivity contribution in [1.82, 2.24) is 9.88 Å². The molecule has 2 aliphatic rings. The number of carbonyl (C=O) groups excluding carboxylic acids is 3. The number of benzene rings is 2. The molecule has 2 aromatic carbocycles. The van der Waals surface area contributed by atoms with Crippen LogP contribution in [0.5, 0.6) is 5.75 Å². The van der Waals surface area contributed by atoms with Crippen LogP contribution in [0.4, 0.5) is 0 Å². The van der Waals surface area contributed by atoms with Crippen molar-refractivity contribution in [3.05, 3.63) is 65.4 Å². The van der Waals surface area contributed by atoms with E-state index in [1.54, 1.807) is 11.0 Å². The van der Waals surface area contributed by atoms with Gasteiger partial charge in [0.15, 0.2) is 5.78 Å². The summed E-state index contributed by atoms with van der Waals surface area (Å²) < 4.78 is 6.22. The summed E-state index contributed by atoms with van der Waals surface area (Å²) in [7, 11) is 0. The summed E-state index contributed by atoms with van der Waals surface area (Å²) in [5.74, 6) is -0.312. The van der Waals surface area contributed by atoms with Gasteiger partial charge in [0, 0.05) is 42.5 Å². The first-order chi connectivity index (χ1) is 14.5. The van der Waals surface area contributed by atoms with Crippen molar-refractivity contribution in [3.63, 3.8) is 0 Å². The van der Waals surface area contributed by atoms with Crippen molar-refractivity contribution in [2.24, 2.45) is 0 Å². The third kappa shape index (κ3) is 2.91. The molecular formula is C24H22N2O4. The molecule has 6 nitrogen and oxygen atoms in total. The molecule has 1 amide bonds. The molecule has 152 valence electrons. The number of aromatic amines is 1. The lowest BCUT2D eigenvalue weighted by Gasteiger charge is -2.43. The molecule has 0 aliphatic carbocycles. The van der Waals surface area contributed by atoms with E-state index in [4.69, 9.17) is 4.74 Å². The summed E-state index contributed by atoms with van der Waals surface area (Å²) in [5, 5.41) is 0.764. The van der Waals surface area contributed by atoms with Gasteiger partial charge in [-0.15, -0.1) is 0 Å². The first-order valence-electron chi connectivity index (χ1n) is 10.2. The summed E-state index contributed by atoms with van der Waals surface area (Å²) in [4.78, 5) is 43.4. The predicted octanol–water partition coefficient (Wildman–Crippen LogP) is 3.69. The van der Waals surface area contributed by atoms with Crippen molar-refractivity contribution < 1.29 is 19.1 Å². The summed E-state index contributed by atoms with van der Waals surface area (Å²) in [6.45, 7) is 2.59. The Kier molecular flexibility index (Phi) is 4.24. The molecular weight excluding hydrogens is 380 g/mol. The number of aryl methyl sites for hydroxylation is 1. The molecule has 3 aromatic rings. The Morgan fingerprint density at radius 3 is 2.53 bits per heavy atom. The van der Waals surface area contributed by atoms with Crippen molar-refractivity contribution in [3.8, 4) is 5.75 Å². The van der Waals surface area contributed by atoms with Crippen LogP contribution in [0, 0.1) is 6.92 Å². The number of hydrogen-bond acceptors (Lipinski definition) is 4. The number of ketones is 2. The fourth-order valence-corrected chi connectivity index (χ4v) is 4.66. The predicted molar refractivity (Wildman–Crippen MR) is 112 cm³/mol. The molecule has 2 aliphatic heterocycles. The van der Waals surface area contributed by atoms with Crippen molar-refractivity contribution in [2.75, 3.05) is 13.1 Å². The minimum Gasteiger partial charge on any atom is -0.486 e. The van der Waals surface area contributed by atoms with E-state index in [0.717, 1.165) is 10.9 Å². The van der Waals surface area contributed by atoms with Crippen molar-refractivity contribution in [2.45, 2.75) is 31.8 Å². The standard InChI is InChI=1S/C24H22N2O4/c1-15-21(16-6-2-4-8-18(16)25-15)22(28)23(29)26-12-10-24(11-13-26)14-19(27)17-7-3-5-9-20(17)30-24/h2-9,25H,10-14H2,1H3. The summed E-state index contributed by atoms with van der Waals surface area (Å²) in [6.07, 6.45) is 1.36. The molecule has 1 aromatic heterocycles. The van der Waals surface area contributed by atoms with Crippen LogP contribution in [-0.2, 0) is 4.79 Å². The molecule has 6 heteroatoms. The highest BCUT2D eigenvalue weighted by atomic mass is 16.5. The van der Waals surface area contributed by atoms with Gasteiger partial charge in [-0.25, -0.2) is 0 Å². The molecule has 1 N–H and O–H groups in total. The maximum absolute atomic E-state index is 13.0. The number of fused-ring (bicyclic) bond motifs is 2. The maximum atomic E-state index is 13.0. The van der Waals surface area contributed by atoms with Gasteiger partial charge >= 0.3 is 0 Å². The largest absolute Gasteiger partial charge is 0.486 e. The second-order valence-electron chi connectivity index (χ2n) is 8.17. The number of likely N-dealkylation sites (tertiary alicyclic amines) is 1. The molecule has 0 unspecified atom stereocenters. The molecule has 1 fully saturated rings. The number of Topliss-reactive ketones (excluding diaryl/α,β-unsaturated/α-hetero) is 2. The van der Waals surface area contributed by atoms with Crippen LogP contribution in [0.3, 0.4) is 0 Å². The lowest BCUT2D eigenvalue weighted by atomic mass is 9.82. The topological polar surface area (TPSA) is 79.5 Å². The Morgan fingerprint density at radius 1 is 1.03 bits per heavy atom. The fraction of sp³-hybridized carbons (Fsp3) is 0.292. The van der Waals surface area contributed by atoms with Gasteiger partial charge in [0.1, 0.15) is 11.4 Å². The molecule has 5 rings (SSSR count). The molecule has 3 heterocycles. The summed E-state index contributed by atoms with van der Waals surface area (Å²) in [6, 6.07) is 14.8. The number of nitrogens with zero attached hydrogens (tertiary/aromatic N) is 1. The van der Waals surface area contributed by atoms with E-state index in [2.05, 4.69) is 4.98 Å². The summed E-state index contributed by atoms with van der Waals surface area (Å²) in [5.41, 5.74) is 2.00. The third-order valence-corrected chi connectivity index (χ3v) is 6.27. The quantitative estimate of drug-likeness (QED) is 0.524. The number of hydrogen-bond donors (Lipinski definition) is 1. The first-order valence-corrected chi connectivity index (χ1v) is 10.2. The number of piperidine rings is 1. The smallest absolute Gasteiger partial charge is 0.295 e. The van der Waals surface area contributed by atoms with Crippen molar-refractivity contribution >= 4 is 28.4 Å². The number of para-hydroxylation sites is 2. The zero-order valence-corrected chi connectivity index (χ0v) is 16.7. The van der Waals surface area contributed by atoms with E-state index < -0.39 is 17.3 Å². The lowest BCUT2D eigenvalue weighted by molar-refractivity contribution is -0.129. The van der Waals surface area contributed by atoms with E-state index in [-0.39, 0.29) is 5.78 Å². The average Bonchev–Trinajstić information content (AvgIpc) is 3.09. The van der Waals surface area contributed by atoms with Gasteiger partial charge in [0.25, 0.3) is 11.7 Å². The Morgan fingerprint density at radius 2 is 1.73 bits per heavy atom. The Labute approximate surface area is 173 Å². The van der Waals surface area contributed by atoms with Crippen molar-refractivity contribution in [1.29, 1.82) is 0 Å². The van der Waals surface area contributed by atoms with Gasteiger partial charge in [-0.3, -0.25) is 14.4 Å². The fourth-order valence-electron chi connectivity index (χ4n) is 4.66. The molecule has 30 heavy (non-hydrogen) atoms. The monoisotopic (exact) mass is 402 g/mol. The van der Waals surface area contributed by atoms with E-state index in [1.165, 1.54) is 0 Å². The highest BCUT2D eigenvalue weighted by Gasteiger charge is 2.44. The molecule has 0 atom stereocenters. The Hall–Kier alpha value is -3.41. The number of H-pyrrole nitrogens is 1. The highest BCUT2D eigenvalue weighted by molar-refractivity contribution is 6.45. The third-order valence-electron chi connectivity index (χ3n) is 6.27. The maximum Gasteiger partial charge on any atom is 0.295 e. The minimum atomic E-state index is -0.595. The molecule has 0 saturated carbocycles. The van der Waals surface area contributed by atoms with Crippen LogP contribution in [0.2, 0.25) is 0 Å². The molecule has 1 saturated heterocycles. The number of ether oxygens (including phenoxy) is 1. The van der Waals surface area contributed by atoms with Crippen LogP contribution < -0.4 is 4.74 Å². The van der Waals surface area contributed by atoms with Gasteiger partial charge in [-0.2, -0.15) is 0 Å². The van der Waals surface area contributed by atoms with E-state index in [1.807, 2.05) is 49.4 Å². The number of carbonyl (C=O) groups is 3. The van der Waals surface area contributed by atoms with E-state index in [0.29, 0.717) is 54.9 Å². The van der Waals surface area contributed by atoms with Gasteiger partial charge < -0.3 is 14.6 Å². The lowest BCUT2D eigenvalue weighted by Crippen LogP contribution is -2.53. The minimum absolute atomic E-state index is 0.0714. The Balaban J connectivity index is 1.33. The number of nitrogens with one attached hydrogen (secondary N) is 1. The van der Waals surface area contributed by atoms with Crippen LogP contribution in [-0.4, -0.2) is 46.0 Å². The normalized spacial score (nSPS) is 17.6.